The van der Waals surface area contributed by atoms with Crippen LogP contribution in [-0.4, -0.2) is 68.3 Å². The van der Waals surface area contributed by atoms with Gasteiger partial charge >= 0.3 is 7.82 Å². The summed E-state index contributed by atoms with van der Waals surface area (Å²) in [5.74, 6) is -0.766. The summed E-state index contributed by atoms with van der Waals surface area (Å²) in [5.41, 5.74) is 0.150. The summed E-state index contributed by atoms with van der Waals surface area (Å²) in [6, 6.07) is 5.91. The molecule has 1 aromatic rings. The van der Waals surface area contributed by atoms with E-state index in [1.165, 1.54) is 12.1 Å². The summed E-state index contributed by atoms with van der Waals surface area (Å²) < 4.78 is 15.3. The molecule has 0 saturated heterocycles. The molecule has 11 heteroatoms. The van der Waals surface area contributed by atoms with Gasteiger partial charge in [0.1, 0.15) is 30.6 Å². The summed E-state index contributed by atoms with van der Waals surface area (Å²) in [6.45, 7) is -0.958. The Morgan fingerprint density at radius 2 is 1.83 bits per heavy atom. The Labute approximate surface area is 136 Å². The lowest BCUT2D eigenvalue weighted by Crippen LogP contribution is -2.54. The van der Waals surface area contributed by atoms with E-state index in [4.69, 9.17) is 14.9 Å². The third kappa shape index (κ3) is 6.10. The highest BCUT2D eigenvalue weighted by atomic mass is 31.2. The average molecular weight is 363 g/mol. The molecule has 10 nitrogen and oxygen atoms in total. The van der Waals surface area contributed by atoms with Crippen molar-refractivity contribution >= 4 is 20.0 Å². The second kappa shape index (κ2) is 9.00. The van der Waals surface area contributed by atoms with Crippen molar-refractivity contribution in [2.45, 2.75) is 24.4 Å². The van der Waals surface area contributed by atoms with Gasteiger partial charge in [-0.1, -0.05) is 18.2 Å². The van der Waals surface area contributed by atoms with Crippen LogP contribution in [0.15, 0.2) is 30.3 Å². The zero-order valence-corrected chi connectivity index (χ0v) is 13.2. The second-order valence-corrected chi connectivity index (χ2v) is 5.99. The number of hydrogen-bond donors (Lipinski definition) is 6. The summed E-state index contributed by atoms with van der Waals surface area (Å²) in [7, 11) is -5.17. The van der Waals surface area contributed by atoms with Crippen molar-refractivity contribution in [3.8, 4) is 0 Å². The first-order valence-electron chi connectivity index (χ1n) is 6.71. The van der Waals surface area contributed by atoms with Gasteiger partial charge in [0.25, 0.3) is 5.91 Å². The average Bonchev–Trinajstić information content (AvgIpc) is 2.56. The van der Waals surface area contributed by atoms with E-state index in [1.54, 1.807) is 18.2 Å². The number of aldehydes is 1. The predicted molar refractivity (Wildman–Crippen MR) is 79.8 cm³/mol. The molecule has 6 N–H and O–H groups in total. The molecule has 0 radical (unpaired) electrons. The lowest BCUT2D eigenvalue weighted by Gasteiger charge is -2.30. The third-order valence-electron chi connectivity index (χ3n) is 3.01. The van der Waals surface area contributed by atoms with Crippen molar-refractivity contribution in [3.63, 3.8) is 0 Å². The van der Waals surface area contributed by atoms with Gasteiger partial charge in [0.05, 0.1) is 6.61 Å². The Hall–Kier alpha value is -1.65. The second-order valence-electron chi connectivity index (χ2n) is 4.80. The van der Waals surface area contributed by atoms with Crippen LogP contribution in [0.5, 0.6) is 0 Å². The number of aliphatic hydroxyl groups is 3. The summed E-state index contributed by atoms with van der Waals surface area (Å²) in [6.07, 6.45) is -5.79. The Morgan fingerprint density at radius 3 is 2.29 bits per heavy atom. The van der Waals surface area contributed by atoms with E-state index in [9.17, 15) is 24.4 Å². The van der Waals surface area contributed by atoms with Crippen molar-refractivity contribution in [1.29, 1.82) is 0 Å². The molecular weight excluding hydrogens is 345 g/mol. The topological polar surface area (TPSA) is 174 Å². The third-order valence-corrected chi connectivity index (χ3v) is 3.53. The first-order valence-corrected chi connectivity index (χ1v) is 8.24. The molecule has 0 heterocycles. The van der Waals surface area contributed by atoms with Gasteiger partial charge in [-0.15, -0.1) is 0 Å². The van der Waals surface area contributed by atoms with Gasteiger partial charge in [0, 0.05) is 5.56 Å². The van der Waals surface area contributed by atoms with E-state index in [0.717, 1.165) is 0 Å². The van der Waals surface area contributed by atoms with Crippen LogP contribution in [0, 0.1) is 0 Å². The van der Waals surface area contributed by atoms with Gasteiger partial charge in [-0.3, -0.25) is 9.32 Å². The normalized spacial score (nSPS) is 16.7. The Morgan fingerprint density at radius 1 is 1.25 bits per heavy atom. The first kappa shape index (κ1) is 20.4. The smallest absolute Gasteiger partial charge is 0.394 e. The molecule has 0 aliphatic rings. The number of carbonyl (C=O) groups is 2. The maximum Gasteiger partial charge on any atom is 0.470 e. The number of phosphoric acid groups is 1. The van der Waals surface area contributed by atoms with Gasteiger partial charge < -0.3 is 35.2 Å². The molecular formula is C13H18NO9P. The van der Waals surface area contributed by atoms with Crippen LogP contribution in [0.3, 0.4) is 0 Å². The van der Waals surface area contributed by atoms with Crippen LogP contribution < -0.4 is 5.32 Å². The number of amides is 1. The van der Waals surface area contributed by atoms with Gasteiger partial charge in [0.2, 0.25) is 0 Å². The number of carbonyl (C=O) groups excluding carboxylic acids is 2. The lowest BCUT2D eigenvalue weighted by atomic mass is 10.0. The van der Waals surface area contributed by atoms with Gasteiger partial charge in [-0.2, -0.15) is 0 Å². The minimum Gasteiger partial charge on any atom is -0.394 e. The Balaban J connectivity index is 3.01. The highest BCUT2D eigenvalue weighted by Gasteiger charge is 2.39. The molecule has 0 saturated carbocycles. The van der Waals surface area contributed by atoms with Crippen molar-refractivity contribution in [3.05, 3.63) is 35.9 Å². The van der Waals surface area contributed by atoms with Gasteiger partial charge in [-0.05, 0) is 12.1 Å². The van der Waals surface area contributed by atoms with Crippen molar-refractivity contribution in [1.82, 2.24) is 5.32 Å². The molecule has 0 bridgehead atoms. The molecule has 0 spiro atoms. The molecule has 4 atom stereocenters. The Kier molecular flexibility index (Phi) is 7.64. The lowest BCUT2D eigenvalue weighted by molar-refractivity contribution is -0.118. The fourth-order valence-electron chi connectivity index (χ4n) is 1.84. The molecule has 0 fully saturated rings. The van der Waals surface area contributed by atoms with Crippen LogP contribution in [-0.2, 0) is 13.9 Å². The molecule has 0 aliphatic carbocycles. The number of benzene rings is 1. The van der Waals surface area contributed by atoms with E-state index in [1.807, 2.05) is 0 Å². The molecule has 0 aliphatic heterocycles. The zero-order chi connectivity index (χ0) is 18.3. The van der Waals surface area contributed by atoms with Crippen molar-refractivity contribution < 1.29 is 43.8 Å². The standard InChI is InChI=1S/C13H18NO9P/c15-6-9(14-13(19)8-4-2-1-3-5-8)12(23-24(20,21)22)11(18)10(17)7-16/h1-6,9-12,16-18H,7H2,(H,14,19)(H2,20,21,22)/t9-,10+,11-,12+/m0/s1. The van der Waals surface area contributed by atoms with E-state index in [0.29, 0.717) is 0 Å². The number of rotatable bonds is 9. The Bertz CT molecular complexity index is 590. The summed E-state index contributed by atoms with van der Waals surface area (Å²) >= 11 is 0. The van der Waals surface area contributed by atoms with E-state index >= 15 is 0 Å². The number of hydrogen-bond acceptors (Lipinski definition) is 7. The maximum atomic E-state index is 12.0. The van der Waals surface area contributed by atoms with E-state index in [2.05, 4.69) is 9.84 Å². The highest BCUT2D eigenvalue weighted by Crippen LogP contribution is 2.39. The predicted octanol–water partition coefficient (Wildman–Crippen LogP) is -1.82. The number of phosphoric ester groups is 1. The molecule has 0 aromatic heterocycles. The molecule has 24 heavy (non-hydrogen) atoms. The fourth-order valence-corrected chi connectivity index (χ4v) is 2.42. The van der Waals surface area contributed by atoms with Crippen LogP contribution in [0.1, 0.15) is 10.4 Å². The fraction of sp³-hybridized carbons (Fsp3) is 0.385. The summed E-state index contributed by atoms with van der Waals surface area (Å²) in [4.78, 5) is 41.0. The van der Waals surface area contributed by atoms with Crippen molar-refractivity contribution in [2.75, 3.05) is 6.61 Å². The molecule has 1 rings (SSSR count). The minimum absolute atomic E-state index is 0.0917. The monoisotopic (exact) mass is 363 g/mol. The number of aliphatic hydroxyl groups excluding tert-OH is 3. The maximum absolute atomic E-state index is 12.0. The van der Waals surface area contributed by atoms with Crippen molar-refractivity contribution in [2.24, 2.45) is 0 Å². The first-order chi connectivity index (χ1) is 11.2. The van der Waals surface area contributed by atoms with Gasteiger partial charge in [-0.25, -0.2) is 4.57 Å². The number of nitrogens with one attached hydrogen (secondary N) is 1. The van der Waals surface area contributed by atoms with Gasteiger partial charge in [0.15, 0.2) is 0 Å². The SMILES string of the molecule is O=C[C@H](NC(=O)c1ccccc1)[C@@H](OP(=O)(O)O)[C@@H](O)[C@H](O)CO. The van der Waals surface area contributed by atoms with E-state index in [-0.39, 0.29) is 11.8 Å². The highest BCUT2D eigenvalue weighted by molar-refractivity contribution is 7.46. The minimum atomic E-state index is -5.17. The van der Waals surface area contributed by atoms with Crippen LogP contribution in [0.4, 0.5) is 0 Å². The summed E-state index contributed by atoms with van der Waals surface area (Å²) in [5, 5.41) is 30.2. The molecule has 1 amide bonds. The van der Waals surface area contributed by atoms with Crippen LogP contribution >= 0.6 is 7.82 Å². The van der Waals surface area contributed by atoms with E-state index < -0.39 is 44.7 Å². The quantitative estimate of drug-likeness (QED) is 0.218. The van der Waals surface area contributed by atoms with Crippen LogP contribution in [0.25, 0.3) is 0 Å². The molecule has 1 aromatic carbocycles. The van der Waals surface area contributed by atoms with Crippen LogP contribution in [0.2, 0.25) is 0 Å². The largest absolute Gasteiger partial charge is 0.470 e. The zero-order valence-electron chi connectivity index (χ0n) is 12.3. The molecule has 0 unspecified atom stereocenters. The molecule has 134 valence electrons.